The fourth-order valence-corrected chi connectivity index (χ4v) is 3.39. The monoisotopic (exact) mass is 372 g/mol. The minimum Gasteiger partial charge on any atom is -0.398 e. The highest BCUT2D eigenvalue weighted by atomic mass is 16.1. The Labute approximate surface area is 162 Å². The number of hydrogen-bond donors (Lipinski definition) is 2. The van der Waals surface area contributed by atoms with E-state index in [1.807, 2.05) is 24.4 Å². The SMILES string of the molecule is CCc1ccncc1-c1cc(N)c2cnc(-n3nccc3CC(N)=O)cc2c1. The van der Waals surface area contributed by atoms with Crippen LogP contribution < -0.4 is 11.5 Å². The molecule has 0 spiro atoms. The van der Waals surface area contributed by atoms with E-state index in [2.05, 4.69) is 28.1 Å². The van der Waals surface area contributed by atoms with Gasteiger partial charge in [-0.05, 0) is 53.3 Å². The molecule has 0 aliphatic heterocycles. The van der Waals surface area contributed by atoms with E-state index in [1.54, 1.807) is 29.3 Å². The van der Waals surface area contributed by atoms with Gasteiger partial charge >= 0.3 is 0 Å². The predicted molar refractivity (Wildman–Crippen MR) is 109 cm³/mol. The second-order valence-electron chi connectivity index (χ2n) is 6.59. The molecule has 0 saturated heterocycles. The number of carbonyl (C=O) groups is 1. The van der Waals surface area contributed by atoms with Crippen LogP contribution in [0, 0.1) is 0 Å². The zero-order valence-corrected chi connectivity index (χ0v) is 15.5. The normalized spacial score (nSPS) is 11.0. The average Bonchev–Trinajstić information content (AvgIpc) is 3.14. The Morgan fingerprint density at radius 3 is 2.79 bits per heavy atom. The van der Waals surface area contributed by atoms with Gasteiger partial charge in [-0.2, -0.15) is 5.10 Å². The number of benzene rings is 1. The number of nitrogen functional groups attached to an aromatic ring is 1. The maximum atomic E-state index is 11.3. The van der Waals surface area contributed by atoms with Crippen molar-refractivity contribution in [1.82, 2.24) is 19.7 Å². The molecule has 28 heavy (non-hydrogen) atoms. The molecule has 7 nitrogen and oxygen atoms in total. The first kappa shape index (κ1) is 17.7. The van der Waals surface area contributed by atoms with Crippen LogP contribution >= 0.6 is 0 Å². The fraction of sp³-hybridized carbons (Fsp3) is 0.143. The van der Waals surface area contributed by atoms with E-state index in [0.717, 1.165) is 28.3 Å². The summed E-state index contributed by atoms with van der Waals surface area (Å²) in [6.45, 7) is 2.11. The van der Waals surface area contributed by atoms with Gasteiger partial charge in [-0.3, -0.25) is 9.78 Å². The van der Waals surface area contributed by atoms with Crippen molar-refractivity contribution in [3.63, 3.8) is 0 Å². The van der Waals surface area contributed by atoms with Crippen molar-refractivity contribution < 1.29 is 4.79 Å². The van der Waals surface area contributed by atoms with Crippen molar-refractivity contribution in [3.8, 4) is 16.9 Å². The molecule has 3 heterocycles. The van der Waals surface area contributed by atoms with E-state index in [4.69, 9.17) is 11.5 Å². The van der Waals surface area contributed by atoms with Crippen molar-refractivity contribution in [3.05, 3.63) is 66.4 Å². The molecule has 0 unspecified atom stereocenters. The number of nitrogens with two attached hydrogens (primary N) is 2. The highest BCUT2D eigenvalue weighted by molar-refractivity contribution is 5.97. The lowest BCUT2D eigenvalue weighted by Gasteiger charge is -2.12. The maximum Gasteiger partial charge on any atom is 0.223 e. The van der Waals surface area contributed by atoms with Gasteiger partial charge in [0.05, 0.1) is 12.1 Å². The molecule has 7 heteroatoms. The van der Waals surface area contributed by atoms with Crippen molar-refractivity contribution >= 4 is 22.4 Å². The van der Waals surface area contributed by atoms with Crippen molar-refractivity contribution in [2.75, 3.05) is 5.73 Å². The molecule has 1 amide bonds. The molecule has 140 valence electrons. The number of aromatic nitrogens is 4. The molecule has 0 fully saturated rings. The first-order valence-corrected chi connectivity index (χ1v) is 9.01. The Kier molecular flexibility index (Phi) is 4.49. The number of rotatable bonds is 5. The molecule has 3 aromatic heterocycles. The molecule has 4 aromatic rings. The van der Waals surface area contributed by atoms with Gasteiger partial charge in [0.15, 0.2) is 5.82 Å². The van der Waals surface area contributed by atoms with Crippen LogP contribution in [0.3, 0.4) is 0 Å². The predicted octanol–water partition coefficient (Wildman–Crippen LogP) is 2.65. The Bertz CT molecular complexity index is 1180. The fourth-order valence-electron chi connectivity index (χ4n) is 3.39. The summed E-state index contributed by atoms with van der Waals surface area (Å²) >= 11 is 0. The summed E-state index contributed by atoms with van der Waals surface area (Å²) in [5.74, 6) is 0.185. The van der Waals surface area contributed by atoms with Crippen LogP contribution in [0.25, 0.3) is 27.7 Å². The Balaban J connectivity index is 1.86. The first-order valence-electron chi connectivity index (χ1n) is 9.01. The zero-order chi connectivity index (χ0) is 19.7. The lowest BCUT2D eigenvalue weighted by molar-refractivity contribution is -0.117. The number of anilines is 1. The molecule has 0 aliphatic rings. The smallest absolute Gasteiger partial charge is 0.223 e. The number of hydrogen-bond acceptors (Lipinski definition) is 5. The first-order chi connectivity index (χ1) is 13.6. The van der Waals surface area contributed by atoms with Gasteiger partial charge in [0.2, 0.25) is 5.91 Å². The largest absolute Gasteiger partial charge is 0.398 e. The van der Waals surface area contributed by atoms with Gasteiger partial charge in [-0.1, -0.05) is 6.92 Å². The summed E-state index contributed by atoms with van der Waals surface area (Å²) in [5, 5.41) is 6.08. The van der Waals surface area contributed by atoms with Crippen LogP contribution in [0.2, 0.25) is 0 Å². The van der Waals surface area contributed by atoms with Gasteiger partial charge < -0.3 is 11.5 Å². The number of carbonyl (C=O) groups excluding carboxylic acids is 1. The summed E-state index contributed by atoms with van der Waals surface area (Å²) in [6.07, 6.45) is 8.01. The van der Waals surface area contributed by atoms with Crippen LogP contribution in [-0.4, -0.2) is 25.7 Å². The second-order valence-corrected chi connectivity index (χ2v) is 6.59. The second kappa shape index (κ2) is 7.11. The van der Waals surface area contributed by atoms with Crippen molar-refractivity contribution in [2.45, 2.75) is 19.8 Å². The summed E-state index contributed by atoms with van der Waals surface area (Å²) in [7, 11) is 0. The van der Waals surface area contributed by atoms with E-state index in [0.29, 0.717) is 17.2 Å². The molecular weight excluding hydrogens is 352 g/mol. The Hall–Kier alpha value is -3.74. The quantitative estimate of drug-likeness (QED) is 0.523. The maximum absolute atomic E-state index is 11.3. The number of fused-ring (bicyclic) bond motifs is 1. The van der Waals surface area contributed by atoms with Crippen LogP contribution in [-0.2, 0) is 17.6 Å². The molecule has 4 rings (SSSR count). The highest BCUT2D eigenvalue weighted by Gasteiger charge is 2.12. The van der Waals surface area contributed by atoms with E-state index in [-0.39, 0.29) is 6.42 Å². The van der Waals surface area contributed by atoms with Gasteiger partial charge in [-0.15, -0.1) is 0 Å². The Morgan fingerprint density at radius 2 is 2.00 bits per heavy atom. The molecular formula is C21H20N6O. The summed E-state index contributed by atoms with van der Waals surface area (Å²) in [6, 6.07) is 9.71. The van der Waals surface area contributed by atoms with E-state index in [9.17, 15) is 4.79 Å². The van der Waals surface area contributed by atoms with Crippen LogP contribution in [0.15, 0.2) is 55.1 Å². The van der Waals surface area contributed by atoms with E-state index < -0.39 is 5.91 Å². The third-order valence-corrected chi connectivity index (χ3v) is 4.75. The van der Waals surface area contributed by atoms with Gasteiger partial charge in [0.25, 0.3) is 0 Å². The molecule has 0 bridgehead atoms. The molecule has 0 saturated carbocycles. The molecule has 4 N–H and O–H groups in total. The minimum atomic E-state index is -0.419. The summed E-state index contributed by atoms with van der Waals surface area (Å²) < 4.78 is 1.62. The number of pyridine rings is 2. The van der Waals surface area contributed by atoms with Crippen LogP contribution in [0.5, 0.6) is 0 Å². The number of nitrogens with zero attached hydrogens (tertiary/aromatic N) is 4. The summed E-state index contributed by atoms with van der Waals surface area (Å²) in [5.41, 5.74) is 16.2. The number of aryl methyl sites for hydroxylation is 1. The minimum absolute atomic E-state index is 0.0947. The van der Waals surface area contributed by atoms with Crippen molar-refractivity contribution in [2.24, 2.45) is 5.73 Å². The van der Waals surface area contributed by atoms with Crippen molar-refractivity contribution in [1.29, 1.82) is 0 Å². The molecule has 0 radical (unpaired) electrons. The third-order valence-electron chi connectivity index (χ3n) is 4.75. The van der Waals surface area contributed by atoms with Crippen LogP contribution in [0.4, 0.5) is 5.69 Å². The Morgan fingerprint density at radius 1 is 1.14 bits per heavy atom. The van der Waals surface area contributed by atoms with Gasteiger partial charge in [-0.25, -0.2) is 9.67 Å². The standard InChI is InChI=1S/C21H20N6O/c1-2-13-3-5-24-11-17(13)14-7-15-9-21(25-12-18(15)19(22)8-14)27-16(4-6-26-27)10-20(23)28/h3-9,11-12H,2,10,22H2,1H3,(H2,23,28). The topological polar surface area (TPSA) is 113 Å². The third kappa shape index (κ3) is 3.18. The van der Waals surface area contributed by atoms with E-state index in [1.165, 1.54) is 5.56 Å². The zero-order valence-electron chi connectivity index (χ0n) is 15.5. The number of primary amides is 1. The molecule has 0 atom stereocenters. The van der Waals surface area contributed by atoms with Gasteiger partial charge in [0.1, 0.15) is 0 Å². The lowest BCUT2D eigenvalue weighted by atomic mass is 9.97. The van der Waals surface area contributed by atoms with Gasteiger partial charge in [0, 0.05) is 41.4 Å². The summed E-state index contributed by atoms with van der Waals surface area (Å²) in [4.78, 5) is 20.0. The number of amides is 1. The molecule has 1 aromatic carbocycles. The van der Waals surface area contributed by atoms with Crippen LogP contribution in [0.1, 0.15) is 18.2 Å². The molecule has 0 aliphatic carbocycles. The lowest BCUT2D eigenvalue weighted by Crippen LogP contribution is -2.16. The van der Waals surface area contributed by atoms with E-state index >= 15 is 0 Å². The average molecular weight is 372 g/mol. The highest BCUT2D eigenvalue weighted by Crippen LogP contribution is 2.31.